The summed E-state index contributed by atoms with van der Waals surface area (Å²) in [6.45, 7) is -0.861. The zero-order valence-electron chi connectivity index (χ0n) is 14.4. The standard InChI is InChI=1S/C17H12ClFN2O7S/c18-9-3-1-2-8(6-9)14(23)25-7-17(19)12-11(26-16(29)27-12)13(28-17)21-5-4-10(22)20-15(21)24/h1-6,11-13H,7H2,(H,20,22,24)/t11-,12+,13-,17-/m1/s1. The lowest BCUT2D eigenvalue weighted by Crippen LogP contribution is -2.42. The number of aromatic nitrogens is 2. The number of esters is 1. The molecule has 0 aliphatic carbocycles. The van der Waals surface area contributed by atoms with E-state index in [1.54, 1.807) is 6.07 Å². The lowest BCUT2D eigenvalue weighted by Gasteiger charge is -2.23. The maximum absolute atomic E-state index is 15.6. The van der Waals surface area contributed by atoms with E-state index in [0.29, 0.717) is 5.02 Å². The summed E-state index contributed by atoms with van der Waals surface area (Å²) < 4.78 is 37.3. The highest BCUT2D eigenvalue weighted by atomic mass is 35.5. The highest BCUT2D eigenvalue weighted by Gasteiger charge is 2.64. The van der Waals surface area contributed by atoms with Crippen molar-refractivity contribution in [2.24, 2.45) is 0 Å². The van der Waals surface area contributed by atoms with Crippen LogP contribution in [0, 0.1) is 0 Å². The monoisotopic (exact) mass is 442 g/mol. The zero-order chi connectivity index (χ0) is 20.8. The van der Waals surface area contributed by atoms with Crippen molar-refractivity contribution < 1.29 is 28.1 Å². The minimum absolute atomic E-state index is 0.114. The Hall–Kier alpha value is -2.76. The second-order valence-electron chi connectivity index (χ2n) is 6.27. The fraction of sp³-hybridized carbons (Fsp3) is 0.294. The van der Waals surface area contributed by atoms with Crippen LogP contribution in [-0.2, 0) is 18.9 Å². The summed E-state index contributed by atoms with van der Waals surface area (Å²) in [5.74, 6) is -3.50. The molecule has 0 amide bonds. The first-order chi connectivity index (χ1) is 13.8. The lowest BCUT2D eigenvalue weighted by molar-refractivity contribution is -0.208. The van der Waals surface area contributed by atoms with Crippen LogP contribution in [0.3, 0.4) is 0 Å². The van der Waals surface area contributed by atoms with Crippen LogP contribution in [0.2, 0.25) is 5.02 Å². The predicted molar refractivity (Wildman–Crippen MR) is 99.4 cm³/mol. The van der Waals surface area contributed by atoms with E-state index in [9.17, 15) is 14.4 Å². The Morgan fingerprint density at radius 3 is 2.86 bits per heavy atom. The van der Waals surface area contributed by atoms with Gasteiger partial charge < -0.3 is 18.9 Å². The number of hydrogen-bond donors (Lipinski definition) is 1. The van der Waals surface area contributed by atoms with E-state index in [4.69, 9.17) is 42.8 Å². The molecule has 2 saturated heterocycles. The van der Waals surface area contributed by atoms with E-state index in [-0.39, 0.29) is 10.8 Å². The molecule has 2 aliphatic rings. The van der Waals surface area contributed by atoms with Crippen molar-refractivity contribution in [3.63, 3.8) is 0 Å². The molecule has 1 aromatic carbocycles. The number of carbonyl (C=O) groups is 1. The van der Waals surface area contributed by atoms with Crippen molar-refractivity contribution >= 4 is 35.0 Å². The SMILES string of the molecule is O=C(OC[C@@]1(F)O[C@@H](n2ccc(=O)[nH]c2=O)[C@@H]2OC(=S)O[C@@H]21)c1cccc(Cl)c1. The molecule has 0 bridgehead atoms. The quantitative estimate of drug-likeness (QED) is 0.557. The molecule has 3 heterocycles. The van der Waals surface area contributed by atoms with E-state index in [0.717, 1.165) is 16.8 Å². The number of halogens is 2. The topological polar surface area (TPSA) is 109 Å². The average Bonchev–Trinajstić information content (AvgIpc) is 3.17. The van der Waals surface area contributed by atoms with Crippen molar-refractivity contribution in [1.29, 1.82) is 0 Å². The largest absolute Gasteiger partial charge is 0.456 e. The van der Waals surface area contributed by atoms with Crippen LogP contribution in [0.15, 0.2) is 46.1 Å². The van der Waals surface area contributed by atoms with E-state index in [1.807, 2.05) is 4.98 Å². The third-order valence-corrected chi connectivity index (χ3v) is 4.79. The van der Waals surface area contributed by atoms with E-state index in [2.05, 4.69) is 0 Å². The number of aromatic amines is 1. The fourth-order valence-corrected chi connectivity index (χ4v) is 3.47. The first kappa shape index (κ1) is 19.6. The van der Waals surface area contributed by atoms with Gasteiger partial charge in [-0.1, -0.05) is 17.7 Å². The molecule has 4 rings (SSSR count). The molecule has 152 valence electrons. The van der Waals surface area contributed by atoms with Gasteiger partial charge in [-0.3, -0.25) is 14.3 Å². The number of ether oxygens (including phenoxy) is 4. The van der Waals surface area contributed by atoms with Crippen molar-refractivity contribution in [2.75, 3.05) is 6.61 Å². The molecule has 0 radical (unpaired) electrons. The van der Waals surface area contributed by atoms with Crippen LogP contribution in [0.1, 0.15) is 16.6 Å². The molecule has 1 N–H and O–H groups in total. The van der Waals surface area contributed by atoms with Crippen molar-refractivity contribution in [3.8, 4) is 0 Å². The van der Waals surface area contributed by atoms with Gasteiger partial charge in [0.2, 0.25) is 6.10 Å². The number of rotatable bonds is 4. The Labute approximate surface area is 171 Å². The van der Waals surface area contributed by atoms with Crippen molar-refractivity contribution in [2.45, 2.75) is 24.3 Å². The summed E-state index contributed by atoms with van der Waals surface area (Å²) in [4.78, 5) is 37.6. The van der Waals surface area contributed by atoms with Crippen molar-refractivity contribution in [3.05, 3.63) is 68.0 Å². The molecular weight excluding hydrogens is 431 g/mol. The summed E-state index contributed by atoms with van der Waals surface area (Å²) in [6, 6.07) is 6.98. The van der Waals surface area contributed by atoms with Crippen molar-refractivity contribution in [1.82, 2.24) is 9.55 Å². The highest BCUT2D eigenvalue weighted by molar-refractivity contribution is 7.79. The summed E-state index contributed by atoms with van der Waals surface area (Å²) in [6.07, 6.45) is -2.73. The molecule has 9 nitrogen and oxygen atoms in total. The van der Waals surface area contributed by atoms with Crippen LogP contribution in [0.5, 0.6) is 0 Å². The maximum atomic E-state index is 15.6. The Morgan fingerprint density at radius 2 is 2.14 bits per heavy atom. The van der Waals surface area contributed by atoms with Crippen LogP contribution < -0.4 is 11.2 Å². The highest BCUT2D eigenvalue weighted by Crippen LogP contribution is 2.44. The summed E-state index contributed by atoms with van der Waals surface area (Å²) in [5.41, 5.74) is -1.37. The number of benzene rings is 1. The lowest BCUT2D eigenvalue weighted by atomic mass is 10.1. The van der Waals surface area contributed by atoms with E-state index in [1.165, 1.54) is 18.2 Å². The maximum Gasteiger partial charge on any atom is 0.353 e. The van der Waals surface area contributed by atoms with Crippen LogP contribution in [0.4, 0.5) is 4.39 Å². The van der Waals surface area contributed by atoms with Gasteiger partial charge in [0.1, 0.15) is 0 Å². The zero-order valence-corrected chi connectivity index (χ0v) is 15.9. The second-order valence-corrected chi connectivity index (χ2v) is 7.04. The number of alkyl halides is 1. The number of H-pyrrole nitrogens is 1. The summed E-state index contributed by atoms with van der Waals surface area (Å²) >= 11 is 10.7. The molecule has 4 atom stereocenters. The van der Waals surface area contributed by atoms with Gasteiger partial charge in [0, 0.05) is 29.5 Å². The first-order valence-electron chi connectivity index (χ1n) is 8.25. The Kier molecular flexibility index (Phi) is 4.89. The Morgan fingerprint density at radius 1 is 1.34 bits per heavy atom. The Bertz CT molecular complexity index is 1110. The fourth-order valence-electron chi connectivity index (χ4n) is 3.07. The molecule has 2 aromatic rings. The molecule has 0 saturated carbocycles. The first-order valence-corrected chi connectivity index (χ1v) is 9.04. The third kappa shape index (κ3) is 3.63. The Balaban J connectivity index is 1.57. The molecule has 12 heteroatoms. The number of thiocarbonyl (C=S) groups is 1. The van der Waals surface area contributed by atoms with Gasteiger partial charge in [-0.2, -0.15) is 0 Å². The molecule has 1 aromatic heterocycles. The van der Waals surface area contributed by atoms with Gasteiger partial charge in [0.15, 0.2) is 18.9 Å². The van der Waals surface area contributed by atoms with Gasteiger partial charge in [0.25, 0.3) is 11.4 Å². The molecule has 2 fully saturated rings. The smallest absolute Gasteiger partial charge is 0.353 e. The number of carbonyl (C=O) groups excluding carboxylic acids is 1. The number of nitrogens with zero attached hydrogens (tertiary/aromatic N) is 1. The molecule has 2 aliphatic heterocycles. The third-order valence-electron chi connectivity index (χ3n) is 4.36. The summed E-state index contributed by atoms with van der Waals surface area (Å²) in [7, 11) is 0. The minimum atomic E-state index is -2.67. The van der Waals surface area contributed by atoms with Gasteiger partial charge in [0.05, 0.1) is 5.56 Å². The minimum Gasteiger partial charge on any atom is -0.456 e. The van der Waals surface area contributed by atoms with E-state index < -0.39 is 48.1 Å². The van der Waals surface area contributed by atoms with Gasteiger partial charge in [-0.15, -0.1) is 0 Å². The predicted octanol–water partition coefficient (Wildman–Crippen LogP) is 1.31. The van der Waals surface area contributed by atoms with Crippen LogP contribution in [-0.4, -0.2) is 45.4 Å². The van der Waals surface area contributed by atoms with Gasteiger partial charge in [-0.05, 0) is 18.2 Å². The second kappa shape index (κ2) is 7.25. The van der Waals surface area contributed by atoms with Crippen LogP contribution >= 0.6 is 23.8 Å². The van der Waals surface area contributed by atoms with Crippen LogP contribution in [0.25, 0.3) is 0 Å². The average molecular weight is 443 g/mol. The molecule has 0 unspecified atom stereocenters. The van der Waals surface area contributed by atoms with Gasteiger partial charge >= 0.3 is 16.9 Å². The number of fused-ring (bicyclic) bond motifs is 1. The number of nitrogens with one attached hydrogen (secondary N) is 1. The molecule has 29 heavy (non-hydrogen) atoms. The van der Waals surface area contributed by atoms with E-state index >= 15 is 4.39 Å². The summed E-state index contributed by atoms with van der Waals surface area (Å²) in [5, 5.41) is -0.0315. The molecular formula is C17H12ClFN2O7S. The number of hydrogen-bond acceptors (Lipinski definition) is 8. The molecule has 0 spiro atoms. The normalized spacial score (nSPS) is 27.8. The van der Waals surface area contributed by atoms with Gasteiger partial charge in [-0.25, -0.2) is 14.0 Å².